The van der Waals surface area contributed by atoms with Crippen molar-refractivity contribution in [1.82, 2.24) is 19.5 Å². The standard InChI is InChI=1S/C37H32N3S.C24H28NSi.Ir/c1-22(2)30-20-26(25-12-7-6-8-13-25)21-31(23(3)4)34(30)40-33-17-10-9-16-32(33)39-36(40)29-15-11-14-27-28-19-18-24(5)38-37(28)41-35(27)29;1-18(2)14-22-16-23(25-17-24(22)26(3,4)5)21-13-9-12-20(15-21)19-10-7-6-8-11-19;/h6-14,16-23H,1-5H3;6-12,15-18H,14H2,1-5H3;/q2*-1;. The van der Waals surface area contributed by atoms with Crippen molar-refractivity contribution in [3.05, 3.63) is 186 Å². The molecular weight excluding hydrogens is 1040 g/mol. The van der Waals surface area contributed by atoms with Crippen LogP contribution < -0.4 is 5.19 Å². The fraction of sp³-hybridized carbons (Fsp3) is 0.230. The molecule has 0 aliphatic heterocycles. The minimum atomic E-state index is -1.40. The molecule has 4 aromatic heterocycles. The molecule has 0 saturated carbocycles. The Morgan fingerprint density at radius 2 is 1.26 bits per heavy atom. The quantitative estimate of drug-likeness (QED) is 0.101. The molecule has 7 heteroatoms. The van der Waals surface area contributed by atoms with Gasteiger partial charge in [0.05, 0.1) is 24.9 Å². The maximum absolute atomic E-state index is 5.30. The molecule has 68 heavy (non-hydrogen) atoms. The number of aromatic nitrogens is 4. The molecule has 0 aliphatic rings. The molecule has 0 atom stereocenters. The predicted octanol–water partition coefficient (Wildman–Crippen LogP) is 16.4. The Labute approximate surface area is 422 Å². The van der Waals surface area contributed by atoms with Crippen molar-refractivity contribution in [2.24, 2.45) is 5.92 Å². The number of hydrogen-bond donors (Lipinski definition) is 0. The normalized spacial score (nSPS) is 11.7. The van der Waals surface area contributed by atoms with E-state index in [1.54, 1.807) is 11.3 Å². The second-order valence-electron chi connectivity index (χ2n) is 19.9. The van der Waals surface area contributed by atoms with Crippen molar-refractivity contribution in [2.75, 3.05) is 0 Å². The number of para-hydroxylation sites is 2. The maximum Gasteiger partial charge on any atom is 0.113 e. The minimum Gasteiger partial charge on any atom is -0.333 e. The molecule has 0 bridgehead atoms. The van der Waals surface area contributed by atoms with E-state index < -0.39 is 8.07 Å². The Morgan fingerprint density at radius 1 is 0.632 bits per heavy atom. The molecule has 0 unspecified atom stereocenters. The van der Waals surface area contributed by atoms with Gasteiger partial charge >= 0.3 is 0 Å². The third kappa shape index (κ3) is 10.00. The molecule has 6 aromatic carbocycles. The molecule has 0 amide bonds. The summed E-state index contributed by atoms with van der Waals surface area (Å²) in [6.07, 6.45) is 3.23. The average molecular weight is 1100 g/mol. The largest absolute Gasteiger partial charge is 0.333 e. The average Bonchev–Trinajstić information content (AvgIpc) is 3.89. The zero-order valence-corrected chi connectivity index (χ0v) is 45.1. The Bertz CT molecular complexity index is 3330. The summed E-state index contributed by atoms with van der Waals surface area (Å²) in [6.45, 7) is 23.0. The van der Waals surface area contributed by atoms with Gasteiger partial charge in [-0.2, -0.15) is 11.3 Å². The van der Waals surface area contributed by atoms with Gasteiger partial charge in [-0.3, -0.25) is 4.98 Å². The van der Waals surface area contributed by atoms with Crippen LogP contribution in [0.15, 0.2) is 152 Å². The van der Waals surface area contributed by atoms with Gasteiger partial charge in [-0.25, -0.2) is 4.98 Å². The molecule has 4 heterocycles. The molecule has 0 saturated heterocycles. The number of hydrogen-bond acceptors (Lipinski definition) is 4. The van der Waals surface area contributed by atoms with Crippen LogP contribution in [0.25, 0.3) is 81.9 Å². The molecule has 10 aromatic rings. The number of rotatable bonds is 10. The summed E-state index contributed by atoms with van der Waals surface area (Å²) >= 11 is 1.74. The summed E-state index contributed by atoms with van der Waals surface area (Å²) in [5.74, 6) is 2.20. The molecular formula is C61H60IrN4SSi-2. The van der Waals surface area contributed by atoms with E-state index in [4.69, 9.17) is 15.0 Å². The van der Waals surface area contributed by atoms with Gasteiger partial charge in [-0.05, 0) is 110 Å². The fourth-order valence-corrected chi connectivity index (χ4v) is 12.1. The van der Waals surface area contributed by atoms with Crippen molar-refractivity contribution in [3.63, 3.8) is 0 Å². The Morgan fingerprint density at radius 3 is 1.91 bits per heavy atom. The van der Waals surface area contributed by atoms with Crippen molar-refractivity contribution < 1.29 is 20.1 Å². The monoisotopic (exact) mass is 1100 g/mol. The van der Waals surface area contributed by atoms with Gasteiger partial charge < -0.3 is 9.55 Å². The SMILES string of the molecule is CC(C)Cc1cc(-c2[c-]ccc(-c3ccccc3)c2)ncc1[Si](C)(C)C.Cc1ccc2c(n1)sc1c(-c3nc4ccccc4n3-c3c(C(C)C)cc(-c4ccccc4)cc3C(C)C)[c-]ccc12.[Ir]. The number of fused-ring (bicyclic) bond motifs is 4. The summed E-state index contributed by atoms with van der Waals surface area (Å²) in [6, 6.07) is 58.6. The number of nitrogens with zero attached hydrogens (tertiary/aromatic N) is 4. The molecule has 1 radical (unpaired) electrons. The van der Waals surface area contributed by atoms with E-state index in [0.717, 1.165) is 50.6 Å². The number of thiophene rings is 1. The second-order valence-corrected chi connectivity index (χ2v) is 25.9. The van der Waals surface area contributed by atoms with Crippen molar-refractivity contribution in [2.45, 2.75) is 86.4 Å². The predicted molar refractivity (Wildman–Crippen MR) is 290 cm³/mol. The van der Waals surface area contributed by atoms with E-state index >= 15 is 0 Å². The molecule has 0 fully saturated rings. The maximum atomic E-state index is 5.30. The third-order valence-electron chi connectivity index (χ3n) is 12.6. The zero-order chi connectivity index (χ0) is 47.0. The number of benzene rings is 6. The molecule has 0 aliphatic carbocycles. The van der Waals surface area contributed by atoms with E-state index in [2.05, 4.69) is 218 Å². The second kappa shape index (κ2) is 20.4. The van der Waals surface area contributed by atoms with E-state index in [1.807, 2.05) is 18.2 Å². The molecule has 10 rings (SSSR count). The first kappa shape index (κ1) is 48.6. The van der Waals surface area contributed by atoms with Gasteiger partial charge in [-0.1, -0.05) is 163 Å². The van der Waals surface area contributed by atoms with Gasteiger partial charge in [0.15, 0.2) is 0 Å². The van der Waals surface area contributed by atoms with Gasteiger partial charge in [0, 0.05) is 37.7 Å². The molecule has 4 nitrogen and oxygen atoms in total. The summed E-state index contributed by atoms with van der Waals surface area (Å²) in [5, 5.41) is 3.87. The van der Waals surface area contributed by atoms with E-state index in [-0.39, 0.29) is 20.1 Å². The molecule has 0 N–H and O–H groups in total. The minimum absolute atomic E-state index is 0. The van der Waals surface area contributed by atoms with Crippen LogP contribution >= 0.6 is 11.3 Å². The first-order valence-electron chi connectivity index (χ1n) is 23.7. The van der Waals surface area contributed by atoms with E-state index in [0.29, 0.717) is 17.8 Å². The van der Waals surface area contributed by atoms with Crippen molar-refractivity contribution in [3.8, 4) is 50.6 Å². The Kier molecular flexibility index (Phi) is 14.6. The number of aryl methyl sites for hydroxylation is 1. The van der Waals surface area contributed by atoms with Crippen LogP contribution in [-0.4, -0.2) is 27.6 Å². The van der Waals surface area contributed by atoms with Gasteiger partial charge in [0.25, 0.3) is 0 Å². The van der Waals surface area contributed by atoms with Gasteiger partial charge in [0.1, 0.15) is 4.83 Å². The van der Waals surface area contributed by atoms with Crippen LogP contribution in [0.4, 0.5) is 0 Å². The third-order valence-corrected chi connectivity index (χ3v) is 15.8. The van der Waals surface area contributed by atoms with Crippen LogP contribution in [-0.2, 0) is 26.5 Å². The molecule has 345 valence electrons. The van der Waals surface area contributed by atoms with E-state index in [9.17, 15) is 0 Å². The van der Waals surface area contributed by atoms with Crippen LogP contribution in [0, 0.1) is 25.0 Å². The van der Waals surface area contributed by atoms with Crippen LogP contribution in [0.3, 0.4) is 0 Å². The Balaban J connectivity index is 0.000000201. The number of imidazole rings is 1. The van der Waals surface area contributed by atoms with Crippen LogP contribution in [0.5, 0.6) is 0 Å². The van der Waals surface area contributed by atoms with Gasteiger partial charge in [0.2, 0.25) is 0 Å². The summed E-state index contributed by atoms with van der Waals surface area (Å²) in [4.78, 5) is 16.0. The van der Waals surface area contributed by atoms with E-state index in [1.165, 1.54) is 65.3 Å². The smallest absolute Gasteiger partial charge is 0.113 e. The van der Waals surface area contributed by atoms with Crippen LogP contribution in [0.2, 0.25) is 19.6 Å². The fourth-order valence-electron chi connectivity index (χ4n) is 9.27. The number of pyridine rings is 2. The summed E-state index contributed by atoms with van der Waals surface area (Å²) in [5.41, 5.74) is 16.5. The summed E-state index contributed by atoms with van der Waals surface area (Å²) in [7, 11) is -1.40. The van der Waals surface area contributed by atoms with Crippen molar-refractivity contribution >= 4 is 55.9 Å². The zero-order valence-electron chi connectivity index (χ0n) is 40.9. The Hall–Kier alpha value is -5.82. The first-order valence-corrected chi connectivity index (χ1v) is 28.1. The van der Waals surface area contributed by atoms with Crippen LogP contribution in [0.1, 0.15) is 75.8 Å². The first-order chi connectivity index (χ1) is 32.2. The summed E-state index contributed by atoms with van der Waals surface area (Å²) < 4.78 is 3.58. The topological polar surface area (TPSA) is 43.6 Å². The van der Waals surface area contributed by atoms with Crippen molar-refractivity contribution in [1.29, 1.82) is 0 Å². The van der Waals surface area contributed by atoms with Gasteiger partial charge in [-0.15, -0.1) is 53.6 Å². The molecule has 0 spiro atoms.